The lowest BCUT2D eigenvalue weighted by Crippen LogP contribution is -2.30. The van der Waals surface area contributed by atoms with E-state index in [-0.39, 0.29) is 16.8 Å². The van der Waals surface area contributed by atoms with E-state index in [0.29, 0.717) is 31.5 Å². The summed E-state index contributed by atoms with van der Waals surface area (Å²) in [5, 5.41) is 8.90. The van der Waals surface area contributed by atoms with Crippen molar-refractivity contribution in [3.05, 3.63) is 77.9 Å². The second kappa shape index (κ2) is 9.70. The molecule has 0 aliphatic heterocycles. The molecule has 30 heavy (non-hydrogen) atoms. The number of aryl methyl sites for hydroxylation is 1. The van der Waals surface area contributed by atoms with E-state index in [1.54, 1.807) is 47.4 Å². The molecule has 156 valence electrons. The molecule has 1 aliphatic rings. The maximum absolute atomic E-state index is 12.7. The van der Waals surface area contributed by atoms with Crippen LogP contribution in [0.2, 0.25) is 0 Å². The summed E-state index contributed by atoms with van der Waals surface area (Å²) < 4.78 is 27.1. The molecule has 1 saturated carbocycles. The zero-order chi connectivity index (χ0) is 21.6. The van der Waals surface area contributed by atoms with E-state index in [4.69, 9.17) is 5.26 Å². The molecule has 0 radical (unpaired) electrons. The molecule has 2 aromatic carbocycles. The van der Waals surface area contributed by atoms with Crippen LogP contribution in [0, 0.1) is 11.3 Å². The van der Waals surface area contributed by atoms with Gasteiger partial charge in [0.2, 0.25) is 15.9 Å². The van der Waals surface area contributed by atoms with Gasteiger partial charge in [-0.1, -0.05) is 30.3 Å². The van der Waals surface area contributed by atoms with Crippen LogP contribution < -0.4 is 4.72 Å². The van der Waals surface area contributed by atoms with E-state index >= 15 is 0 Å². The highest BCUT2D eigenvalue weighted by atomic mass is 32.2. The van der Waals surface area contributed by atoms with E-state index in [0.717, 1.165) is 24.0 Å². The van der Waals surface area contributed by atoms with Gasteiger partial charge in [-0.3, -0.25) is 4.79 Å². The number of hydrogen-bond acceptors (Lipinski definition) is 4. The Morgan fingerprint density at radius 3 is 2.33 bits per heavy atom. The van der Waals surface area contributed by atoms with Gasteiger partial charge in [0.1, 0.15) is 0 Å². The van der Waals surface area contributed by atoms with Gasteiger partial charge in [-0.15, -0.1) is 6.58 Å². The monoisotopic (exact) mass is 423 g/mol. The van der Waals surface area contributed by atoms with Crippen molar-refractivity contribution in [2.24, 2.45) is 0 Å². The third-order valence-electron chi connectivity index (χ3n) is 4.92. The van der Waals surface area contributed by atoms with Gasteiger partial charge < -0.3 is 4.90 Å². The van der Waals surface area contributed by atoms with Crippen LogP contribution in [0.5, 0.6) is 0 Å². The first kappa shape index (κ1) is 21.8. The molecule has 0 spiro atoms. The summed E-state index contributed by atoms with van der Waals surface area (Å²) in [5.41, 5.74) is 2.44. The normalized spacial score (nSPS) is 13.4. The van der Waals surface area contributed by atoms with Crippen molar-refractivity contribution < 1.29 is 13.2 Å². The Morgan fingerprint density at radius 1 is 1.13 bits per heavy atom. The molecule has 1 amide bonds. The van der Waals surface area contributed by atoms with E-state index in [9.17, 15) is 13.2 Å². The molecule has 1 fully saturated rings. The number of carbonyl (C=O) groups is 1. The van der Waals surface area contributed by atoms with Gasteiger partial charge in [0, 0.05) is 25.6 Å². The topological polar surface area (TPSA) is 90.3 Å². The lowest BCUT2D eigenvalue weighted by Gasteiger charge is -2.21. The largest absolute Gasteiger partial charge is 0.335 e. The molecule has 0 aromatic heterocycles. The maximum atomic E-state index is 12.7. The van der Waals surface area contributed by atoms with Crippen LogP contribution in [0.1, 0.15) is 36.0 Å². The average molecular weight is 424 g/mol. The van der Waals surface area contributed by atoms with Crippen LogP contribution in [0.4, 0.5) is 0 Å². The molecule has 3 rings (SSSR count). The molecule has 0 unspecified atom stereocenters. The van der Waals surface area contributed by atoms with Gasteiger partial charge in [-0.05, 0) is 54.7 Å². The lowest BCUT2D eigenvalue weighted by molar-refractivity contribution is -0.131. The van der Waals surface area contributed by atoms with Crippen molar-refractivity contribution in [3.8, 4) is 6.07 Å². The summed E-state index contributed by atoms with van der Waals surface area (Å²) in [5.74, 6) is -0.00800. The molecule has 0 atom stereocenters. The minimum absolute atomic E-state index is 0.00800. The predicted octanol–water partition coefficient (Wildman–Crippen LogP) is 3.15. The van der Waals surface area contributed by atoms with Crippen molar-refractivity contribution in [1.29, 1.82) is 5.26 Å². The Balaban J connectivity index is 1.57. The van der Waals surface area contributed by atoms with Crippen LogP contribution >= 0.6 is 0 Å². The standard InChI is InChI=1S/C23H25N3O3S/c1-2-15-26(17-20-5-3-19(16-24)4-6-20)23(27)14-9-18-7-12-22(13-8-18)30(28,29)25-21-10-11-21/h2-8,12-13,21,25H,1,9-11,14-15,17H2. The molecule has 6 nitrogen and oxygen atoms in total. The summed E-state index contributed by atoms with van der Waals surface area (Å²) in [6.07, 6.45) is 4.31. The Bertz CT molecular complexity index is 1030. The minimum atomic E-state index is -3.46. The first-order valence-corrected chi connectivity index (χ1v) is 11.4. The van der Waals surface area contributed by atoms with Gasteiger partial charge >= 0.3 is 0 Å². The van der Waals surface area contributed by atoms with E-state index in [1.807, 2.05) is 12.1 Å². The van der Waals surface area contributed by atoms with Crippen LogP contribution in [0.15, 0.2) is 66.1 Å². The summed E-state index contributed by atoms with van der Waals surface area (Å²) >= 11 is 0. The first-order valence-electron chi connectivity index (χ1n) is 9.90. The number of rotatable bonds is 10. The molecule has 1 aliphatic carbocycles. The highest BCUT2D eigenvalue weighted by Gasteiger charge is 2.27. The highest BCUT2D eigenvalue weighted by Crippen LogP contribution is 2.22. The fraction of sp³-hybridized carbons (Fsp3) is 0.304. The summed E-state index contributed by atoms with van der Waals surface area (Å²) in [7, 11) is -3.46. The number of nitrogens with zero attached hydrogens (tertiary/aromatic N) is 2. The molecule has 1 N–H and O–H groups in total. The van der Waals surface area contributed by atoms with Crippen molar-refractivity contribution in [2.45, 2.75) is 43.2 Å². The molecular weight excluding hydrogens is 398 g/mol. The number of nitriles is 1. The van der Waals surface area contributed by atoms with Crippen LogP contribution in [-0.2, 0) is 27.8 Å². The lowest BCUT2D eigenvalue weighted by atomic mass is 10.1. The quantitative estimate of drug-likeness (QED) is 0.595. The third kappa shape index (κ3) is 6.02. The Labute approximate surface area is 177 Å². The van der Waals surface area contributed by atoms with Crippen LogP contribution in [0.25, 0.3) is 0 Å². The molecular formula is C23H25N3O3S. The minimum Gasteiger partial charge on any atom is -0.335 e. The van der Waals surface area contributed by atoms with Gasteiger partial charge in [0.05, 0.1) is 16.5 Å². The summed E-state index contributed by atoms with van der Waals surface area (Å²) in [6.45, 7) is 4.61. The SMILES string of the molecule is C=CCN(Cc1ccc(C#N)cc1)C(=O)CCc1ccc(S(=O)(=O)NC2CC2)cc1. The fourth-order valence-electron chi connectivity index (χ4n) is 3.05. The predicted molar refractivity (Wildman–Crippen MR) is 115 cm³/mol. The van der Waals surface area contributed by atoms with Crippen molar-refractivity contribution in [3.63, 3.8) is 0 Å². The fourth-order valence-corrected chi connectivity index (χ4v) is 4.35. The Hall–Kier alpha value is -2.95. The average Bonchev–Trinajstić information content (AvgIpc) is 3.56. The van der Waals surface area contributed by atoms with E-state index < -0.39 is 10.0 Å². The summed E-state index contributed by atoms with van der Waals surface area (Å²) in [6, 6.07) is 16.0. The van der Waals surface area contributed by atoms with Crippen LogP contribution in [0.3, 0.4) is 0 Å². The number of amides is 1. The maximum Gasteiger partial charge on any atom is 0.240 e. The molecule has 2 aromatic rings. The second-order valence-electron chi connectivity index (χ2n) is 7.41. The summed E-state index contributed by atoms with van der Waals surface area (Å²) in [4.78, 5) is 14.7. The van der Waals surface area contributed by atoms with Crippen molar-refractivity contribution in [2.75, 3.05) is 6.54 Å². The van der Waals surface area contributed by atoms with Crippen molar-refractivity contribution >= 4 is 15.9 Å². The number of carbonyl (C=O) groups excluding carboxylic acids is 1. The second-order valence-corrected chi connectivity index (χ2v) is 9.13. The molecule has 0 bridgehead atoms. The zero-order valence-corrected chi connectivity index (χ0v) is 17.6. The molecule has 0 heterocycles. The first-order chi connectivity index (χ1) is 14.4. The molecule has 7 heteroatoms. The third-order valence-corrected chi connectivity index (χ3v) is 6.46. The number of nitrogens with one attached hydrogen (secondary N) is 1. The van der Waals surface area contributed by atoms with Crippen molar-refractivity contribution in [1.82, 2.24) is 9.62 Å². The number of sulfonamides is 1. The van der Waals surface area contributed by atoms with E-state index in [1.165, 1.54) is 0 Å². The number of hydrogen-bond donors (Lipinski definition) is 1. The zero-order valence-electron chi connectivity index (χ0n) is 16.8. The van der Waals surface area contributed by atoms with Gasteiger partial charge in [-0.2, -0.15) is 5.26 Å². The highest BCUT2D eigenvalue weighted by molar-refractivity contribution is 7.89. The van der Waals surface area contributed by atoms with Gasteiger partial charge in [0.15, 0.2) is 0 Å². The smallest absolute Gasteiger partial charge is 0.240 e. The number of benzene rings is 2. The molecule has 0 saturated heterocycles. The van der Waals surface area contributed by atoms with E-state index in [2.05, 4.69) is 17.4 Å². The van der Waals surface area contributed by atoms with Gasteiger partial charge in [-0.25, -0.2) is 13.1 Å². The van der Waals surface area contributed by atoms with Gasteiger partial charge in [0.25, 0.3) is 0 Å². The Kier molecular flexibility index (Phi) is 7.03. The van der Waals surface area contributed by atoms with Crippen LogP contribution in [-0.4, -0.2) is 31.8 Å². The Morgan fingerprint density at radius 2 is 1.77 bits per heavy atom.